The van der Waals surface area contributed by atoms with Crippen LogP contribution < -0.4 is 10.6 Å². The molecule has 1 aliphatic heterocycles. The summed E-state index contributed by atoms with van der Waals surface area (Å²) in [6.07, 6.45) is 2.45. The third kappa shape index (κ3) is 7.90. The SMILES string of the molecule is C=C(C)CNC(=NCC(=O)N(C)C)NCC1CCCOC1C(C)(C)C. The number of ether oxygens (including phenoxy) is 1. The number of carbonyl (C=O) groups excluding carboxylic acids is 1. The molecule has 0 aromatic heterocycles. The molecule has 0 bridgehead atoms. The van der Waals surface area contributed by atoms with Gasteiger partial charge in [-0.1, -0.05) is 32.9 Å². The van der Waals surface area contributed by atoms with Crippen molar-refractivity contribution in [1.29, 1.82) is 0 Å². The second kappa shape index (κ2) is 9.80. The van der Waals surface area contributed by atoms with E-state index in [-0.39, 0.29) is 24.0 Å². The molecule has 0 aromatic rings. The highest BCUT2D eigenvalue weighted by atomic mass is 16.5. The average Bonchev–Trinajstić information content (AvgIpc) is 2.52. The summed E-state index contributed by atoms with van der Waals surface area (Å²) < 4.78 is 6.04. The molecule has 1 rings (SSSR count). The third-order valence-electron chi connectivity index (χ3n) is 4.26. The topological polar surface area (TPSA) is 66.0 Å². The van der Waals surface area contributed by atoms with Crippen molar-refractivity contribution in [3.8, 4) is 0 Å². The molecule has 1 fully saturated rings. The molecule has 1 aliphatic rings. The molecule has 0 aromatic carbocycles. The summed E-state index contributed by atoms with van der Waals surface area (Å²) in [6, 6.07) is 0. The van der Waals surface area contributed by atoms with Gasteiger partial charge in [0, 0.05) is 39.7 Å². The molecule has 6 heteroatoms. The zero-order valence-corrected chi connectivity index (χ0v) is 16.8. The summed E-state index contributed by atoms with van der Waals surface area (Å²) in [7, 11) is 3.47. The fourth-order valence-corrected chi connectivity index (χ4v) is 2.93. The van der Waals surface area contributed by atoms with Gasteiger partial charge in [-0.2, -0.15) is 0 Å². The van der Waals surface area contributed by atoms with E-state index >= 15 is 0 Å². The number of rotatable bonds is 6. The molecule has 1 saturated heterocycles. The van der Waals surface area contributed by atoms with Crippen molar-refractivity contribution in [3.05, 3.63) is 12.2 Å². The van der Waals surface area contributed by atoms with Gasteiger partial charge in [0.15, 0.2) is 5.96 Å². The summed E-state index contributed by atoms with van der Waals surface area (Å²) in [6.45, 7) is 14.9. The largest absolute Gasteiger partial charge is 0.377 e. The van der Waals surface area contributed by atoms with E-state index < -0.39 is 0 Å². The molecule has 2 unspecified atom stereocenters. The van der Waals surface area contributed by atoms with E-state index in [1.165, 1.54) is 0 Å². The minimum absolute atomic E-state index is 0.0232. The molecule has 0 spiro atoms. The summed E-state index contributed by atoms with van der Waals surface area (Å²) in [5.74, 6) is 1.05. The van der Waals surface area contributed by atoms with Crippen molar-refractivity contribution in [3.63, 3.8) is 0 Å². The number of carbonyl (C=O) groups is 1. The Bertz CT molecular complexity index is 480. The lowest BCUT2D eigenvalue weighted by atomic mass is 9.78. The van der Waals surface area contributed by atoms with E-state index in [1.807, 2.05) is 6.92 Å². The van der Waals surface area contributed by atoms with E-state index in [1.54, 1.807) is 19.0 Å². The molecule has 25 heavy (non-hydrogen) atoms. The zero-order valence-electron chi connectivity index (χ0n) is 16.8. The predicted molar refractivity (Wildman–Crippen MR) is 104 cm³/mol. The van der Waals surface area contributed by atoms with E-state index in [4.69, 9.17) is 4.74 Å². The van der Waals surface area contributed by atoms with E-state index in [9.17, 15) is 4.79 Å². The standard InChI is InChI=1S/C19H36N4O2/c1-14(2)11-20-18(22-13-16(24)23(6)7)21-12-15-9-8-10-25-17(15)19(3,4)5/h15,17H,1,8-13H2,2-7H3,(H2,20,21,22). The monoisotopic (exact) mass is 352 g/mol. The van der Waals surface area contributed by atoms with Crippen LogP contribution in [0.5, 0.6) is 0 Å². The molecule has 2 atom stereocenters. The van der Waals surface area contributed by atoms with Crippen LogP contribution in [0.4, 0.5) is 0 Å². The number of aliphatic imine (C=N–C) groups is 1. The Labute approximate surface area is 153 Å². The van der Waals surface area contributed by atoms with Gasteiger partial charge in [0.25, 0.3) is 0 Å². The van der Waals surface area contributed by atoms with Crippen molar-refractivity contribution in [2.24, 2.45) is 16.3 Å². The highest BCUT2D eigenvalue weighted by molar-refractivity contribution is 5.84. The smallest absolute Gasteiger partial charge is 0.243 e. The molecule has 1 amide bonds. The van der Waals surface area contributed by atoms with Crippen LogP contribution in [-0.2, 0) is 9.53 Å². The number of hydrogen-bond acceptors (Lipinski definition) is 3. The Kier molecular flexibility index (Phi) is 8.42. The molecular formula is C19H36N4O2. The van der Waals surface area contributed by atoms with Gasteiger partial charge >= 0.3 is 0 Å². The minimum atomic E-state index is -0.0232. The van der Waals surface area contributed by atoms with Gasteiger partial charge in [-0.05, 0) is 25.2 Å². The Hall–Kier alpha value is -1.56. The van der Waals surface area contributed by atoms with Gasteiger partial charge in [-0.25, -0.2) is 4.99 Å². The maximum absolute atomic E-state index is 11.8. The van der Waals surface area contributed by atoms with Crippen LogP contribution in [-0.4, -0.2) is 63.2 Å². The Morgan fingerprint density at radius 3 is 2.56 bits per heavy atom. The molecule has 144 valence electrons. The summed E-state index contributed by atoms with van der Waals surface area (Å²) >= 11 is 0. The maximum Gasteiger partial charge on any atom is 0.243 e. The summed E-state index contributed by atoms with van der Waals surface area (Å²) in [5.41, 5.74) is 1.12. The van der Waals surface area contributed by atoms with Crippen molar-refractivity contribution in [2.75, 3.05) is 40.3 Å². The quantitative estimate of drug-likeness (QED) is 0.436. The number of hydrogen-bond donors (Lipinski definition) is 2. The first-order valence-electron chi connectivity index (χ1n) is 9.09. The second-order valence-corrected chi connectivity index (χ2v) is 8.20. The highest BCUT2D eigenvalue weighted by Crippen LogP contribution is 2.33. The lowest BCUT2D eigenvalue weighted by molar-refractivity contribution is -0.127. The van der Waals surface area contributed by atoms with Crippen molar-refractivity contribution in [2.45, 2.75) is 46.6 Å². The predicted octanol–water partition coefficient (Wildman–Crippen LogP) is 2.03. The average molecular weight is 353 g/mol. The first-order chi connectivity index (χ1) is 11.6. The third-order valence-corrected chi connectivity index (χ3v) is 4.26. The van der Waals surface area contributed by atoms with Gasteiger partial charge in [-0.15, -0.1) is 0 Å². The molecule has 6 nitrogen and oxygen atoms in total. The van der Waals surface area contributed by atoms with E-state index in [2.05, 4.69) is 43.0 Å². The van der Waals surface area contributed by atoms with Crippen molar-refractivity contribution >= 4 is 11.9 Å². The highest BCUT2D eigenvalue weighted by Gasteiger charge is 2.35. The fourth-order valence-electron chi connectivity index (χ4n) is 2.93. The Morgan fingerprint density at radius 2 is 2.00 bits per heavy atom. The molecule has 0 saturated carbocycles. The first-order valence-corrected chi connectivity index (χ1v) is 9.09. The molecule has 2 N–H and O–H groups in total. The molecule has 0 aliphatic carbocycles. The Balaban J connectivity index is 2.70. The lowest BCUT2D eigenvalue weighted by Gasteiger charge is -2.40. The normalized spacial score (nSPS) is 21.6. The summed E-state index contributed by atoms with van der Waals surface area (Å²) in [5, 5.41) is 6.62. The number of amides is 1. The van der Waals surface area contributed by atoms with Crippen LogP contribution >= 0.6 is 0 Å². The van der Waals surface area contributed by atoms with Gasteiger partial charge < -0.3 is 20.3 Å². The van der Waals surface area contributed by atoms with Crippen LogP contribution in [0.1, 0.15) is 40.5 Å². The van der Waals surface area contributed by atoms with Crippen molar-refractivity contribution < 1.29 is 9.53 Å². The van der Waals surface area contributed by atoms with Crippen LogP contribution in [0.25, 0.3) is 0 Å². The fraction of sp³-hybridized carbons (Fsp3) is 0.789. The van der Waals surface area contributed by atoms with Crippen LogP contribution in [0.2, 0.25) is 0 Å². The van der Waals surface area contributed by atoms with Gasteiger partial charge in [0.1, 0.15) is 6.54 Å². The zero-order chi connectivity index (χ0) is 19.0. The summed E-state index contributed by atoms with van der Waals surface area (Å²) in [4.78, 5) is 17.8. The Morgan fingerprint density at radius 1 is 1.32 bits per heavy atom. The van der Waals surface area contributed by atoms with Crippen LogP contribution in [0, 0.1) is 11.3 Å². The van der Waals surface area contributed by atoms with E-state index in [0.717, 1.165) is 31.6 Å². The number of nitrogens with zero attached hydrogens (tertiary/aromatic N) is 2. The van der Waals surface area contributed by atoms with Crippen LogP contribution in [0.3, 0.4) is 0 Å². The molecule has 1 heterocycles. The molecule has 0 radical (unpaired) electrons. The second-order valence-electron chi connectivity index (χ2n) is 8.20. The number of nitrogens with one attached hydrogen (secondary N) is 2. The number of likely N-dealkylation sites (N-methyl/N-ethyl adjacent to an activating group) is 1. The molecular weight excluding hydrogens is 316 g/mol. The minimum Gasteiger partial charge on any atom is -0.377 e. The van der Waals surface area contributed by atoms with Crippen molar-refractivity contribution in [1.82, 2.24) is 15.5 Å². The van der Waals surface area contributed by atoms with Gasteiger partial charge in [-0.3, -0.25) is 4.79 Å². The number of guanidine groups is 1. The van der Waals surface area contributed by atoms with Gasteiger partial charge in [0.05, 0.1) is 6.10 Å². The lowest BCUT2D eigenvalue weighted by Crippen LogP contribution is -2.48. The van der Waals surface area contributed by atoms with E-state index in [0.29, 0.717) is 18.4 Å². The first kappa shape index (κ1) is 21.5. The maximum atomic E-state index is 11.8. The van der Waals surface area contributed by atoms with Crippen LogP contribution in [0.15, 0.2) is 17.1 Å². The van der Waals surface area contributed by atoms with Gasteiger partial charge in [0.2, 0.25) is 5.91 Å².